The van der Waals surface area contributed by atoms with Crippen LogP contribution in [-0.2, 0) is 16.1 Å². The molecule has 4 nitrogen and oxygen atoms in total. The van der Waals surface area contributed by atoms with Gasteiger partial charge in [0.15, 0.2) is 0 Å². The van der Waals surface area contributed by atoms with E-state index in [0.29, 0.717) is 6.54 Å². The molecule has 1 saturated carbocycles. The highest BCUT2D eigenvalue weighted by molar-refractivity contribution is 5.81. The first-order valence-corrected chi connectivity index (χ1v) is 8.49. The Labute approximate surface area is 139 Å². The van der Waals surface area contributed by atoms with Gasteiger partial charge < -0.3 is 10.6 Å². The van der Waals surface area contributed by atoms with Crippen LogP contribution >= 0.6 is 0 Å². The minimum atomic E-state index is -0.193. The minimum absolute atomic E-state index is 0.0393. The standard InChI is InChI=1S/C19H28N2O2/c1-19(2,3)21-18(23)16-11-9-15(10-12-16)17(22)20-13-14-7-5-4-6-8-14/h4-8,15-16H,9-13H2,1-3H3,(H,20,22)(H,21,23). The predicted octanol–water partition coefficient (Wildman–Crippen LogP) is 3.02. The fourth-order valence-corrected chi connectivity index (χ4v) is 3.02. The van der Waals surface area contributed by atoms with Gasteiger partial charge in [0.05, 0.1) is 0 Å². The van der Waals surface area contributed by atoms with E-state index < -0.39 is 0 Å². The largest absolute Gasteiger partial charge is 0.352 e. The molecule has 1 aromatic rings. The maximum absolute atomic E-state index is 12.3. The molecule has 1 aromatic carbocycles. The third-order valence-electron chi connectivity index (χ3n) is 4.28. The molecule has 0 heterocycles. The van der Waals surface area contributed by atoms with Crippen molar-refractivity contribution in [3.8, 4) is 0 Å². The highest BCUT2D eigenvalue weighted by Crippen LogP contribution is 2.29. The van der Waals surface area contributed by atoms with E-state index >= 15 is 0 Å². The lowest BCUT2D eigenvalue weighted by atomic mass is 9.81. The van der Waals surface area contributed by atoms with Gasteiger partial charge in [-0.25, -0.2) is 0 Å². The number of hydrogen-bond acceptors (Lipinski definition) is 2. The molecule has 23 heavy (non-hydrogen) atoms. The SMILES string of the molecule is CC(C)(C)NC(=O)C1CCC(C(=O)NCc2ccccc2)CC1. The summed E-state index contributed by atoms with van der Waals surface area (Å²) in [5.74, 6) is 0.328. The normalized spacial score (nSPS) is 21.5. The van der Waals surface area contributed by atoms with Gasteiger partial charge >= 0.3 is 0 Å². The summed E-state index contributed by atoms with van der Waals surface area (Å²) < 4.78 is 0. The zero-order chi connectivity index (χ0) is 16.9. The second-order valence-corrected chi connectivity index (χ2v) is 7.49. The van der Waals surface area contributed by atoms with Gasteiger partial charge in [-0.05, 0) is 52.0 Å². The first-order valence-electron chi connectivity index (χ1n) is 8.49. The average Bonchev–Trinajstić information content (AvgIpc) is 2.52. The first-order chi connectivity index (χ1) is 10.8. The van der Waals surface area contributed by atoms with Crippen molar-refractivity contribution in [2.24, 2.45) is 11.8 Å². The Hall–Kier alpha value is -1.84. The summed E-state index contributed by atoms with van der Waals surface area (Å²) in [5, 5.41) is 6.05. The average molecular weight is 316 g/mol. The third kappa shape index (κ3) is 5.70. The van der Waals surface area contributed by atoms with Gasteiger partial charge in [-0.15, -0.1) is 0 Å². The molecule has 0 spiro atoms. The molecule has 2 rings (SSSR count). The molecule has 0 bridgehead atoms. The van der Waals surface area contributed by atoms with E-state index in [1.54, 1.807) is 0 Å². The highest BCUT2D eigenvalue weighted by atomic mass is 16.2. The lowest BCUT2D eigenvalue weighted by Crippen LogP contribution is -2.45. The molecule has 1 fully saturated rings. The molecule has 0 radical (unpaired) electrons. The van der Waals surface area contributed by atoms with Crippen molar-refractivity contribution >= 4 is 11.8 Å². The van der Waals surface area contributed by atoms with Gasteiger partial charge in [0, 0.05) is 23.9 Å². The molecule has 0 aliphatic heterocycles. The van der Waals surface area contributed by atoms with Crippen LogP contribution in [0, 0.1) is 11.8 Å². The number of carbonyl (C=O) groups is 2. The molecule has 0 unspecified atom stereocenters. The molecule has 4 heteroatoms. The van der Waals surface area contributed by atoms with Crippen molar-refractivity contribution in [2.75, 3.05) is 0 Å². The van der Waals surface area contributed by atoms with Gasteiger partial charge in [-0.3, -0.25) is 9.59 Å². The second-order valence-electron chi connectivity index (χ2n) is 7.49. The highest BCUT2D eigenvalue weighted by Gasteiger charge is 2.31. The Morgan fingerprint density at radius 2 is 1.48 bits per heavy atom. The van der Waals surface area contributed by atoms with Gasteiger partial charge in [0.25, 0.3) is 0 Å². The molecule has 2 N–H and O–H groups in total. The van der Waals surface area contributed by atoms with Crippen molar-refractivity contribution in [3.05, 3.63) is 35.9 Å². The van der Waals surface area contributed by atoms with Crippen LogP contribution in [0.5, 0.6) is 0 Å². The van der Waals surface area contributed by atoms with Crippen LogP contribution in [0.4, 0.5) is 0 Å². The van der Waals surface area contributed by atoms with E-state index in [9.17, 15) is 9.59 Å². The molecule has 126 valence electrons. The molecule has 0 atom stereocenters. The number of benzene rings is 1. The van der Waals surface area contributed by atoms with E-state index in [-0.39, 0.29) is 29.2 Å². The van der Waals surface area contributed by atoms with Gasteiger partial charge in [0.1, 0.15) is 0 Å². The van der Waals surface area contributed by atoms with Crippen LogP contribution in [0.3, 0.4) is 0 Å². The lowest BCUT2D eigenvalue weighted by molar-refractivity contribution is -0.131. The minimum Gasteiger partial charge on any atom is -0.352 e. The van der Waals surface area contributed by atoms with Crippen molar-refractivity contribution in [2.45, 2.75) is 58.5 Å². The topological polar surface area (TPSA) is 58.2 Å². The molecule has 2 amide bonds. The number of nitrogens with one attached hydrogen (secondary N) is 2. The van der Waals surface area contributed by atoms with Crippen molar-refractivity contribution in [1.82, 2.24) is 10.6 Å². The first kappa shape index (κ1) is 17.5. The monoisotopic (exact) mass is 316 g/mol. The van der Waals surface area contributed by atoms with Crippen LogP contribution in [0.25, 0.3) is 0 Å². The zero-order valence-electron chi connectivity index (χ0n) is 14.4. The summed E-state index contributed by atoms with van der Waals surface area (Å²) in [6.45, 7) is 6.55. The predicted molar refractivity (Wildman–Crippen MR) is 91.6 cm³/mol. The van der Waals surface area contributed by atoms with Crippen LogP contribution in [0.2, 0.25) is 0 Å². The Kier molecular flexibility index (Phi) is 5.80. The van der Waals surface area contributed by atoms with Gasteiger partial charge in [0.2, 0.25) is 11.8 Å². The molecule has 0 saturated heterocycles. The molecule has 1 aliphatic carbocycles. The van der Waals surface area contributed by atoms with E-state index in [0.717, 1.165) is 31.2 Å². The summed E-state index contributed by atoms with van der Waals surface area (Å²) in [6, 6.07) is 9.93. The fraction of sp³-hybridized carbons (Fsp3) is 0.579. The Morgan fingerprint density at radius 1 is 0.957 bits per heavy atom. The maximum Gasteiger partial charge on any atom is 0.223 e. The van der Waals surface area contributed by atoms with Crippen LogP contribution in [0.1, 0.15) is 52.0 Å². The third-order valence-corrected chi connectivity index (χ3v) is 4.28. The number of hydrogen-bond donors (Lipinski definition) is 2. The fourth-order valence-electron chi connectivity index (χ4n) is 3.02. The summed E-state index contributed by atoms with van der Waals surface area (Å²) in [4.78, 5) is 24.5. The van der Waals surface area contributed by atoms with Crippen molar-refractivity contribution < 1.29 is 9.59 Å². The Morgan fingerprint density at radius 3 is 2.00 bits per heavy atom. The molecule has 1 aliphatic rings. The Bertz CT molecular complexity index is 526. The van der Waals surface area contributed by atoms with E-state index in [1.807, 2.05) is 51.1 Å². The zero-order valence-corrected chi connectivity index (χ0v) is 14.4. The van der Waals surface area contributed by atoms with Gasteiger partial charge in [-0.1, -0.05) is 30.3 Å². The summed E-state index contributed by atoms with van der Waals surface area (Å²) in [5.41, 5.74) is 0.917. The van der Waals surface area contributed by atoms with Crippen LogP contribution in [0.15, 0.2) is 30.3 Å². The summed E-state index contributed by atoms with van der Waals surface area (Å²) in [6.07, 6.45) is 3.18. The van der Waals surface area contributed by atoms with Crippen LogP contribution in [-0.4, -0.2) is 17.4 Å². The lowest BCUT2D eigenvalue weighted by Gasteiger charge is -2.30. The molecule has 0 aromatic heterocycles. The second kappa shape index (κ2) is 7.62. The Balaban J connectivity index is 1.75. The molecular weight excluding hydrogens is 288 g/mol. The maximum atomic E-state index is 12.3. The quantitative estimate of drug-likeness (QED) is 0.897. The molecular formula is C19H28N2O2. The summed E-state index contributed by atoms with van der Waals surface area (Å²) >= 11 is 0. The number of rotatable bonds is 4. The van der Waals surface area contributed by atoms with Crippen LogP contribution < -0.4 is 10.6 Å². The smallest absolute Gasteiger partial charge is 0.223 e. The van der Waals surface area contributed by atoms with Crippen molar-refractivity contribution in [1.29, 1.82) is 0 Å². The van der Waals surface area contributed by atoms with E-state index in [2.05, 4.69) is 10.6 Å². The number of carbonyl (C=O) groups excluding carboxylic acids is 2. The van der Waals surface area contributed by atoms with Crippen molar-refractivity contribution in [3.63, 3.8) is 0 Å². The van der Waals surface area contributed by atoms with E-state index in [1.165, 1.54) is 0 Å². The number of amides is 2. The van der Waals surface area contributed by atoms with E-state index in [4.69, 9.17) is 0 Å². The summed E-state index contributed by atoms with van der Waals surface area (Å²) in [7, 11) is 0. The van der Waals surface area contributed by atoms with Gasteiger partial charge in [-0.2, -0.15) is 0 Å².